The van der Waals surface area contributed by atoms with Crippen molar-refractivity contribution in [1.82, 2.24) is 0 Å². The lowest BCUT2D eigenvalue weighted by Gasteiger charge is -1.98. The van der Waals surface area contributed by atoms with Crippen LogP contribution in [0.4, 0.5) is 11.4 Å². The van der Waals surface area contributed by atoms with Gasteiger partial charge in [0.1, 0.15) is 5.75 Å². The standard InChI is InChI=1S/C14H13BrN2O/c1-18-14-8-6-13(7-9-14)17-16-12-4-2-11(10-15)3-5-12/h2-9H,10H2,1H3. The molecule has 0 aliphatic carbocycles. The Morgan fingerprint density at radius 2 is 1.39 bits per heavy atom. The maximum atomic E-state index is 5.08. The highest BCUT2D eigenvalue weighted by Crippen LogP contribution is 2.21. The molecule has 0 aromatic heterocycles. The van der Waals surface area contributed by atoms with E-state index in [0.29, 0.717) is 0 Å². The summed E-state index contributed by atoms with van der Waals surface area (Å²) in [6.07, 6.45) is 0. The van der Waals surface area contributed by atoms with Gasteiger partial charge in [0.05, 0.1) is 18.5 Å². The van der Waals surface area contributed by atoms with Gasteiger partial charge in [0.15, 0.2) is 0 Å². The number of azo groups is 1. The Morgan fingerprint density at radius 3 is 1.83 bits per heavy atom. The summed E-state index contributed by atoms with van der Waals surface area (Å²) in [7, 11) is 1.64. The topological polar surface area (TPSA) is 34.0 Å². The number of nitrogens with zero attached hydrogens (tertiary/aromatic N) is 2. The second kappa shape index (κ2) is 6.31. The zero-order chi connectivity index (χ0) is 12.8. The molecule has 0 fully saturated rings. The Hall–Kier alpha value is -1.68. The first-order chi connectivity index (χ1) is 8.81. The van der Waals surface area contributed by atoms with E-state index in [9.17, 15) is 0 Å². The van der Waals surface area contributed by atoms with Crippen molar-refractivity contribution in [3.63, 3.8) is 0 Å². The summed E-state index contributed by atoms with van der Waals surface area (Å²) in [5.74, 6) is 0.815. The van der Waals surface area contributed by atoms with Crippen LogP contribution in [-0.2, 0) is 5.33 Å². The van der Waals surface area contributed by atoms with Gasteiger partial charge in [-0.15, -0.1) is 0 Å². The van der Waals surface area contributed by atoms with Crippen molar-refractivity contribution in [2.24, 2.45) is 10.2 Å². The van der Waals surface area contributed by atoms with E-state index < -0.39 is 0 Å². The molecule has 2 aromatic rings. The van der Waals surface area contributed by atoms with Gasteiger partial charge in [0.25, 0.3) is 0 Å². The molecular formula is C14H13BrN2O. The highest BCUT2D eigenvalue weighted by atomic mass is 79.9. The van der Waals surface area contributed by atoms with E-state index in [4.69, 9.17) is 4.74 Å². The predicted molar refractivity (Wildman–Crippen MR) is 76.2 cm³/mol. The summed E-state index contributed by atoms with van der Waals surface area (Å²) in [5, 5.41) is 9.19. The first-order valence-corrected chi connectivity index (χ1v) is 6.64. The molecule has 2 aromatic carbocycles. The summed E-state index contributed by atoms with van der Waals surface area (Å²) >= 11 is 3.41. The molecule has 0 saturated heterocycles. The number of hydrogen-bond acceptors (Lipinski definition) is 3. The van der Waals surface area contributed by atoms with Crippen LogP contribution in [0.15, 0.2) is 58.8 Å². The van der Waals surface area contributed by atoms with Gasteiger partial charge in [-0.05, 0) is 42.0 Å². The maximum Gasteiger partial charge on any atom is 0.119 e. The Balaban J connectivity index is 2.08. The van der Waals surface area contributed by atoms with Crippen LogP contribution >= 0.6 is 15.9 Å². The number of ether oxygens (including phenoxy) is 1. The average Bonchev–Trinajstić information content (AvgIpc) is 2.46. The monoisotopic (exact) mass is 304 g/mol. The van der Waals surface area contributed by atoms with Gasteiger partial charge in [0.2, 0.25) is 0 Å². The number of rotatable bonds is 4. The van der Waals surface area contributed by atoms with Crippen molar-refractivity contribution in [2.45, 2.75) is 5.33 Å². The van der Waals surface area contributed by atoms with E-state index >= 15 is 0 Å². The highest BCUT2D eigenvalue weighted by molar-refractivity contribution is 9.08. The van der Waals surface area contributed by atoms with Crippen molar-refractivity contribution in [1.29, 1.82) is 0 Å². The van der Waals surface area contributed by atoms with Gasteiger partial charge in [-0.2, -0.15) is 10.2 Å². The fourth-order valence-electron chi connectivity index (χ4n) is 1.42. The molecule has 0 heterocycles. The smallest absolute Gasteiger partial charge is 0.119 e. The molecule has 0 N–H and O–H groups in total. The normalized spacial score (nSPS) is 10.8. The van der Waals surface area contributed by atoms with Crippen LogP contribution in [0.25, 0.3) is 0 Å². The zero-order valence-corrected chi connectivity index (χ0v) is 11.6. The molecule has 0 amide bonds. The van der Waals surface area contributed by atoms with Gasteiger partial charge >= 0.3 is 0 Å². The largest absolute Gasteiger partial charge is 0.497 e. The van der Waals surface area contributed by atoms with E-state index in [2.05, 4.69) is 26.2 Å². The Morgan fingerprint density at radius 1 is 0.889 bits per heavy atom. The first-order valence-electron chi connectivity index (χ1n) is 5.52. The lowest BCUT2D eigenvalue weighted by Crippen LogP contribution is -1.79. The van der Waals surface area contributed by atoms with Crippen molar-refractivity contribution >= 4 is 27.3 Å². The number of halogens is 1. The molecule has 3 nitrogen and oxygen atoms in total. The van der Waals surface area contributed by atoms with Gasteiger partial charge in [-0.1, -0.05) is 28.1 Å². The fraction of sp³-hybridized carbons (Fsp3) is 0.143. The summed E-state index contributed by atoms with van der Waals surface area (Å²) in [6, 6.07) is 15.4. The Kier molecular flexibility index (Phi) is 4.47. The van der Waals surface area contributed by atoms with Gasteiger partial charge in [-0.25, -0.2) is 0 Å². The fourth-order valence-corrected chi connectivity index (χ4v) is 1.79. The number of hydrogen-bond donors (Lipinski definition) is 0. The maximum absolute atomic E-state index is 5.08. The van der Waals surface area contributed by atoms with Crippen LogP contribution < -0.4 is 4.74 Å². The number of benzene rings is 2. The van der Waals surface area contributed by atoms with Crippen molar-refractivity contribution in [3.8, 4) is 5.75 Å². The van der Waals surface area contributed by atoms with Crippen LogP contribution in [0.5, 0.6) is 5.75 Å². The average molecular weight is 305 g/mol. The summed E-state index contributed by atoms with van der Waals surface area (Å²) in [6.45, 7) is 0. The molecule has 0 radical (unpaired) electrons. The van der Waals surface area contributed by atoms with E-state index in [-0.39, 0.29) is 0 Å². The lowest BCUT2D eigenvalue weighted by atomic mass is 10.2. The van der Waals surface area contributed by atoms with Crippen LogP contribution in [0.2, 0.25) is 0 Å². The molecule has 0 spiro atoms. The summed E-state index contributed by atoms with van der Waals surface area (Å²) < 4.78 is 5.08. The number of alkyl halides is 1. The third-order valence-corrected chi connectivity index (χ3v) is 3.09. The molecule has 0 saturated carbocycles. The highest BCUT2D eigenvalue weighted by Gasteiger charge is 1.93. The second-order valence-corrected chi connectivity index (χ2v) is 4.26. The Labute approximate surface area is 115 Å². The predicted octanol–water partition coefficient (Wildman–Crippen LogP) is 5.01. The molecule has 2 rings (SSSR count). The van der Waals surface area contributed by atoms with Crippen LogP contribution in [-0.4, -0.2) is 7.11 Å². The molecule has 0 aliphatic heterocycles. The van der Waals surface area contributed by atoms with Crippen LogP contribution in [0, 0.1) is 0 Å². The third-order valence-electron chi connectivity index (χ3n) is 2.44. The molecule has 92 valence electrons. The van der Waals surface area contributed by atoms with Gasteiger partial charge in [0, 0.05) is 5.33 Å². The van der Waals surface area contributed by atoms with Crippen LogP contribution in [0.3, 0.4) is 0 Å². The molecular weight excluding hydrogens is 292 g/mol. The molecule has 18 heavy (non-hydrogen) atoms. The minimum atomic E-state index is 0.806. The van der Waals surface area contributed by atoms with Crippen molar-refractivity contribution < 1.29 is 4.74 Å². The van der Waals surface area contributed by atoms with E-state index in [0.717, 1.165) is 22.5 Å². The Bertz CT molecular complexity index is 471. The van der Waals surface area contributed by atoms with Crippen molar-refractivity contribution in [2.75, 3.05) is 7.11 Å². The molecule has 0 bridgehead atoms. The number of methoxy groups -OCH3 is 1. The third kappa shape index (κ3) is 3.40. The summed E-state index contributed by atoms with van der Waals surface area (Å²) in [4.78, 5) is 0. The summed E-state index contributed by atoms with van der Waals surface area (Å²) in [5.41, 5.74) is 2.87. The van der Waals surface area contributed by atoms with Gasteiger partial charge < -0.3 is 4.74 Å². The van der Waals surface area contributed by atoms with E-state index in [1.54, 1.807) is 7.11 Å². The zero-order valence-electron chi connectivity index (χ0n) is 10.0. The molecule has 0 aliphatic rings. The van der Waals surface area contributed by atoms with E-state index in [1.807, 2.05) is 48.5 Å². The lowest BCUT2D eigenvalue weighted by molar-refractivity contribution is 0.415. The quantitative estimate of drug-likeness (QED) is 0.577. The molecule has 0 unspecified atom stereocenters. The molecule has 0 atom stereocenters. The second-order valence-electron chi connectivity index (χ2n) is 3.70. The minimum absolute atomic E-state index is 0.806. The van der Waals surface area contributed by atoms with Crippen molar-refractivity contribution in [3.05, 3.63) is 54.1 Å². The first kappa shape index (κ1) is 12.8. The minimum Gasteiger partial charge on any atom is -0.497 e. The molecule has 4 heteroatoms. The van der Waals surface area contributed by atoms with Crippen LogP contribution in [0.1, 0.15) is 5.56 Å². The van der Waals surface area contributed by atoms with E-state index in [1.165, 1.54) is 5.56 Å². The SMILES string of the molecule is COc1ccc(N=Nc2ccc(CBr)cc2)cc1. The van der Waals surface area contributed by atoms with Gasteiger partial charge in [-0.3, -0.25) is 0 Å².